The van der Waals surface area contributed by atoms with Gasteiger partial charge in [-0.25, -0.2) is 4.79 Å². The fraction of sp³-hybridized carbons (Fsp3) is 0.550. The largest absolute Gasteiger partial charge is 0.497 e. The van der Waals surface area contributed by atoms with E-state index in [4.69, 9.17) is 4.74 Å². The molecule has 8 nitrogen and oxygen atoms in total. The molecular formula is C20H29ClN4O4. The first kappa shape index (κ1) is 23.0. The Kier molecular flexibility index (Phi) is 7.87. The minimum absolute atomic E-state index is 0. The summed E-state index contributed by atoms with van der Waals surface area (Å²) in [6.45, 7) is 3.94. The first-order valence-electron chi connectivity index (χ1n) is 9.70. The number of piperidine rings is 1. The van der Waals surface area contributed by atoms with Gasteiger partial charge < -0.3 is 20.7 Å². The lowest BCUT2D eigenvalue weighted by atomic mass is 9.92. The standard InChI is InChI=1S/C20H28N4O4.ClH/c1-20(15-5-7-16(28-2)8-6-15)18(26)24(19(27)23-20)13-17(25)22-11-9-14-4-3-10-21-12-14;/h5-8,14,21H,3-4,9-13H2,1-2H3,(H,22,25)(H,23,27);1H. The zero-order chi connectivity index (χ0) is 20.1. The van der Waals surface area contributed by atoms with Crippen LogP contribution in [0.2, 0.25) is 0 Å². The van der Waals surface area contributed by atoms with E-state index in [1.165, 1.54) is 0 Å². The quantitative estimate of drug-likeness (QED) is 0.574. The number of rotatable bonds is 7. The average molecular weight is 425 g/mol. The molecule has 2 atom stereocenters. The zero-order valence-corrected chi connectivity index (χ0v) is 17.6. The number of ether oxygens (including phenoxy) is 1. The Labute approximate surface area is 177 Å². The molecule has 2 aliphatic heterocycles. The van der Waals surface area contributed by atoms with Gasteiger partial charge in [-0.2, -0.15) is 0 Å². The average Bonchev–Trinajstić information content (AvgIpc) is 2.93. The lowest BCUT2D eigenvalue weighted by Crippen LogP contribution is -2.43. The molecule has 2 aliphatic rings. The highest BCUT2D eigenvalue weighted by molar-refractivity contribution is 6.09. The summed E-state index contributed by atoms with van der Waals surface area (Å²) in [5, 5.41) is 8.88. The minimum Gasteiger partial charge on any atom is -0.497 e. The number of urea groups is 1. The molecule has 0 aliphatic carbocycles. The van der Waals surface area contributed by atoms with Crippen LogP contribution in [0, 0.1) is 5.92 Å². The van der Waals surface area contributed by atoms with Crippen molar-refractivity contribution in [2.24, 2.45) is 5.92 Å². The third-order valence-corrected chi connectivity index (χ3v) is 5.52. The van der Waals surface area contributed by atoms with Gasteiger partial charge in [0.05, 0.1) is 7.11 Å². The molecule has 9 heteroatoms. The van der Waals surface area contributed by atoms with Gasteiger partial charge in [0.15, 0.2) is 0 Å². The SMILES string of the molecule is COc1ccc(C2(C)NC(=O)N(CC(=O)NCCC3CCCNC3)C2=O)cc1.Cl. The van der Waals surface area contributed by atoms with E-state index < -0.39 is 17.5 Å². The van der Waals surface area contributed by atoms with Crippen LogP contribution in [0.3, 0.4) is 0 Å². The Balaban J connectivity index is 0.00000300. The van der Waals surface area contributed by atoms with E-state index in [1.807, 2.05) is 0 Å². The molecule has 1 aromatic carbocycles. The predicted octanol–water partition coefficient (Wildman–Crippen LogP) is 1.39. The second-order valence-electron chi connectivity index (χ2n) is 7.53. The van der Waals surface area contributed by atoms with Crippen molar-refractivity contribution in [2.45, 2.75) is 31.7 Å². The predicted molar refractivity (Wildman–Crippen MR) is 111 cm³/mol. The fourth-order valence-electron chi connectivity index (χ4n) is 3.75. The van der Waals surface area contributed by atoms with Crippen LogP contribution in [0.4, 0.5) is 4.79 Å². The Morgan fingerprint density at radius 1 is 1.31 bits per heavy atom. The van der Waals surface area contributed by atoms with Crippen molar-refractivity contribution < 1.29 is 19.1 Å². The van der Waals surface area contributed by atoms with Gasteiger partial charge in [-0.3, -0.25) is 14.5 Å². The number of carbonyl (C=O) groups is 3. The van der Waals surface area contributed by atoms with Gasteiger partial charge in [-0.1, -0.05) is 12.1 Å². The van der Waals surface area contributed by atoms with Gasteiger partial charge in [0.2, 0.25) is 5.91 Å². The van der Waals surface area contributed by atoms with Crippen molar-refractivity contribution in [3.05, 3.63) is 29.8 Å². The van der Waals surface area contributed by atoms with Crippen LogP contribution in [0.1, 0.15) is 31.7 Å². The molecule has 160 valence electrons. The Morgan fingerprint density at radius 2 is 2.03 bits per heavy atom. The van der Waals surface area contributed by atoms with Gasteiger partial charge in [0.25, 0.3) is 5.91 Å². The fourth-order valence-corrected chi connectivity index (χ4v) is 3.75. The van der Waals surface area contributed by atoms with E-state index in [1.54, 1.807) is 38.3 Å². The molecule has 29 heavy (non-hydrogen) atoms. The summed E-state index contributed by atoms with van der Waals surface area (Å²) >= 11 is 0. The topological polar surface area (TPSA) is 99.8 Å². The second-order valence-corrected chi connectivity index (χ2v) is 7.53. The van der Waals surface area contributed by atoms with E-state index in [2.05, 4.69) is 16.0 Å². The Bertz CT molecular complexity index is 737. The van der Waals surface area contributed by atoms with Crippen LogP contribution in [0.5, 0.6) is 5.75 Å². The van der Waals surface area contributed by atoms with E-state index >= 15 is 0 Å². The molecule has 4 amide bonds. The number of hydrogen-bond donors (Lipinski definition) is 3. The molecule has 3 rings (SSSR count). The van der Waals surface area contributed by atoms with Gasteiger partial charge in [-0.15, -0.1) is 12.4 Å². The van der Waals surface area contributed by atoms with E-state index in [9.17, 15) is 14.4 Å². The number of imide groups is 1. The summed E-state index contributed by atoms with van der Waals surface area (Å²) in [6, 6.07) is 6.37. The lowest BCUT2D eigenvalue weighted by Gasteiger charge is -2.23. The number of amides is 4. The summed E-state index contributed by atoms with van der Waals surface area (Å²) in [4.78, 5) is 38.4. The maximum Gasteiger partial charge on any atom is 0.325 e. The number of nitrogens with one attached hydrogen (secondary N) is 3. The summed E-state index contributed by atoms with van der Waals surface area (Å²) in [5.74, 6) is 0.457. The summed E-state index contributed by atoms with van der Waals surface area (Å²) < 4.78 is 5.13. The van der Waals surface area contributed by atoms with Crippen molar-refractivity contribution in [3.63, 3.8) is 0 Å². The third-order valence-electron chi connectivity index (χ3n) is 5.52. The minimum atomic E-state index is -1.20. The van der Waals surface area contributed by atoms with Crippen LogP contribution in [-0.4, -0.2) is 56.0 Å². The Hall–Kier alpha value is -2.32. The van der Waals surface area contributed by atoms with Crippen LogP contribution in [0.15, 0.2) is 24.3 Å². The molecule has 1 aromatic rings. The van der Waals surface area contributed by atoms with Gasteiger partial charge in [0, 0.05) is 6.54 Å². The number of hydrogen-bond acceptors (Lipinski definition) is 5. The smallest absolute Gasteiger partial charge is 0.325 e. The molecule has 2 fully saturated rings. The first-order valence-corrected chi connectivity index (χ1v) is 9.70. The first-order chi connectivity index (χ1) is 13.4. The zero-order valence-electron chi connectivity index (χ0n) is 16.8. The molecule has 0 aromatic heterocycles. The van der Waals surface area contributed by atoms with Crippen LogP contribution in [0.25, 0.3) is 0 Å². The van der Waals surface area contributed by atoms with Crippen LogP contribution >= 0.6 is 12.4 Å². The molecule has 2 unspecified atom stereocenters. The normalized spacial score (nSPS) is 23.9. The molecule has 0 bridgehead atoms. The summed E-state index contributed by atoms with van der Waals surface area (Å²) in [5.41, 5.74) is -0.559. The van der Waals surface area contributed by atoms with Gasteiger partial charge in [0.1, 0.15) is 17.8 Å². The molecule has 0 saturated carbocycles. The maximum atomic E-state index is 12.9. The highest BCUT2D eigenvalue weighted by atomic mass is 35.5. The van der Waals surface area contributed by atoms with Crippen molar-refractivity contribution >= 4 is 30.3 Å². The van der Waals surface area contributed by atoms with E-state index in [0.717, 1.165) is 37.3 Å². The molecule has 2 saturated heterocycles. The summed E-state index contributed by atoms with van der Waals surface area (Å²) in [6.07, 6.45) is 3.21. The number of methoxy groups -OCH3 is 1. The van der Waals surface area contributed by atoms with Crippen molar-refractivity contribution in [3.8, 4) is 5.75 Å². The maximum absolute atomic E-state index is 12.9. The third kappa shape index (κ3) is 5.19. The van der Waals surface area contributed by atoms with E-state index in [-0.39, 0.29) is 24.9 Å². The van der Waals surface area contributed by atoms with Crippen LogP contribution in [-0.2, 0) is 15.1 Å². The van der Waals surface area contributed by atoms with E-state index in [0.29, 0.717) is 23.8 Å². The molecule has 0 radical (unpaired) electrons. The number of benzene rings is 1. The monoisotopic (exact) mass is 424 g/mol. The summed E-state index contributed by atoms with van der Waals surface area (Å²) in [7, 11) is 1.56. The highest BCUT2D eigenvalue weighted by Gasteiger charge is 2.49. The molecule has 2 heterocycles. The highest BCUT2D eigenvalue weighted by Crippen LogP contribution is 2.29. The lowest BCUT2D eigenvalue weighted by molar-refractivity contribution is -0.134. The van der Waals surface area contributed by atoms with Gasteiger partial charge >= 0.3 is 6.03 Å². The molecule has 3 N–H and O–H groups in total. The molecule has 0 spiro atoms. The number of halogens is 1. The van der Waals surface area contributed by atoms with Crippen molar-refractivity contribution in [1.82, 2.24) is 20.9 Å². The van der Waals surface area contributed by atoms with Crippen molar-refractivity contribution in [2.75, 3.05) is 33.3 Å². The molecular weight excluding hydrogens is 396 g/mol. The van der Waals surface area contributed by atoms with Crippen molar-refractivity contribution in [1.29, 1.82) is 0 Å². The number of carbonyl (C=O) groups excluding carboxylic acids is 3. The Morgan fingerprint density at radius 3 is 2.66 bits per heavy atom. The van der Waals surface area contributed by atoms with Gasteiger partial charge in [-0.05, 0) is 62.9 Å². The number of nitrogens with zero attached hydrogens (tertiary/aromatic N) is 1. The van der Waals surface area contributed by atoms with Crippen LogP contribution < -0.4 is 20.7 Å². The second kappa shape index (κ2) is 9.93.